The van der Waals surface area contributed by atoms with Gasteiger partial charge in [-0.2, -0.15) is 4.98 Å². The summed E-state index contributed by atoms with van der Waals surface area (Å²) < 4.78 is 10.9. The fourth-order valence-electron chi connectivity index (χ4n) is 2.99. The first kappa shape index (κ1) is 15.0. The normalized spacial score (nSPS) is 17.8. The number of thiazole rings is 1. The first-order valence-electron chi connectivity index (χ1n) is 8.45. The zero-order valence-corrected chi connectivity index (χ0v) is 14.4. The number of ether oxygens (including phenoxy) is 1. The Balaban J connectivity index is 1.38. The van der Waals surface area contributed by atoms with Gasteiger partial charge in [-0.3, -0.25) is 0 Å². The van der Waals surface area contributed by atoms with E-state index in [0.717, 1.165) is 48.3 Å². The molecule has 0 amide bonds. The molecular weight excluding hydrogens is 338 g/mol. The van der Waals surface area contributed by atoms with Crippen molar-refractivity contribution in [2.24, 2.45) is 0 Å². The van der Waals surface area contributed by atoms with Crippen molar-refractivity contribution in [2.75, 3.05) is 31.2 Å². The summed E-state index contributed by atoms with van der Waals surface area (Å²) in [7, 11) is 0. The van der Waals surface area contributed by atoms with Gasteiger partial charge in [0, 0.05) is 30.8 Å². The van der Waals surface area contributed by atoms with Crippen molar-refractivity contribution < 1.29 is 9.26 Å². The zero-order valence-electron chi connectivity index (χ0n) is 13.6. The third-order valence-corrected chi connectivity index (χ3v) is 5.35. The van der Waals surface area contributed by atoms with Crippen molar-refractivity contribution in [2.45, 2.75) is 18.8 Å². The lowest BCUT2D eigenvalue weighted by atomic mass is 10.2. The Hall–Kier alpha value is -2.32. The van der Waals surface area contributed by atoms with Crippen LogP contribution in [0, 0.1) is 0 Å². The molecular formula is C17H17N5O2S. The second-order valence-electron chi connectivity index (χ2n) is 6.27. The number of hydrogen-bond acceptors (Lipinski definition) is 8. The Kier molecular flexibility index (Phi) is 3.71. The SMILES string of the molecule is c1nc(C2CC2)c(-c2nc(-c3ccc(N4CCOCC4)nc3)no2)s1. The van der Waals surface area contributed by atoms with E-state index in [2.05, 4.69) is 25.0 Å². The maximum atomic E-state index is 5.48. The van der Waals surface area contributed by atoms with Crippen LogP contribution in [0.5, 0.6) is 0 Å². The van der Waals surface area contributed by atoms with Crippen molar-refractivity contribution in [3.05, 3.63) is 29.5 Å². The van der Waals surface area contributed by atoms with Crippen molar-refractivity contribution in [3.8, 4) is 22.2 Å². The van der Waals surface area contributed by atoms with E-state index in [4.69, 9.17) is 9.26 Å². The predicted octanol–water partition coefficient (Wildman–Crippen LogP) is 2.97. The van der Waals surface area contributed by atoms with Crippen LogP contribution in [-0.2, 0) is 4.74 Å². The lowest BCUT2D eigenvalue weighted by molar-refractivity contribution is 0.122. The monoisotopic (exact) mass is 355 g/mol. The van der Waals surface area contributed by atoms with E-state index in [1.165, 1.54) is 12.8 Å². The number of nitrogens with zero attached hydrogens (tertiary/aromatic N) is 5. The first-order chi connectivity index (χ1) is 12.4. The summed E-state index contributed by atoms with van der Waals surface area (Å²) in [6, 6.07) is 3.99. The highest BCUT2D eigenvalue weighted by atomic mass is 32.1. The fourth-order valence-corrected chi connectivity index (χ4v) is 3.79. The van der Waals surface area contributed by atoms with Crippen LogP contribution in [-0.4, -0.2) is 46.4 Å². The molecule has 2 aliphatic rings. The summed E-state index contributed by atoms with van der Waals surface area (Å²) >= 11 is 1.56. The lowest BCUT2D eigenvalue weighted by Gasteiger charge is -2.27. The van der Waals surface area contributed by atoms with Gasteiger partial charge in [0.25, 0.3) is 5.89 Å². The topological polar surface area (TPSA) is 77.2 Å². The molecule has 1 saturated heterocycles. The highest BCUT2D eigenvalue weighted by Crippen LogP contribution is 2.44. The van der Waals surface area contributed by atoms with Gasteiger partial charge in [-0.1, -0.05) is 5.16 Å². The number of rotatable bonds is 4. The molecule has 128 valence electrons. The van der Waals surface area contributed by atoms with Crippen LogP contribution in [0.1, 0.15) is 24.5 Å². The lowest BCUT2D eigenvalue weighted by Crippen LogP contribution is -2.36. The van der Waals surface area contributed by atoms with Crippen LogP contribution >= 0.6 is 11.3 Å². The van der Waals surface area contributed by atoms with Crippen molar-refractivity contribution in [1.82, 2.24) is 20.1 Å². The predicted molar refractivity (Wildman–Crippen MR) is 93.6 cm³/mol. The molecule has 2 fully saturated rings. The summed E-state index contributed by atoms with van der Waals surface area (Å²) in [5.41, 5.74) is 3.80. The van der Waals surface area contributed by atoms with Gasteiger partial charge in [-0.05, 0) is 25.0 Å². The van der Waals surface area contributed by atoms with Crippen LogP contribution in [0.3, 0.4) is 0 Å². The van der Waals surface area contributed by atoms with Gasteiger partial charge >= 0.3 is 0 Å². The van der Waals surface area contributed by atoms with Crippen molar-refractivity contribution in [3.63, 3.8) is 0 Å². The molecule has 0 atom stereocenters. The van der Waals surface area contributed by atoms with E-state index < -0.39 is 0 Å². The molecule has 1 aliphatic carbocycles. The maximum absolute atomic E-state index is 5.48. The number of aromatic nitrogens is 4. The Morgan fingerprint density at radius 2 is 2.00 bits per heavy atom. The molecule has 1 aliphatic heterocycles. The molecule has 0 bridgehead atoms. The molecule has 0 spiro atoms. The minimum Gasteiger partial charge on any atom is -0.378 e. The average molecular weight is 355 g/mol. The molecule has 3 aromatic heterocycles. The van der Waals surface area contributed by atoms with E-state index in [1.807, 2.05) is 17.6 Å². The average Bonchev–Trinajstić information content (AvgIpc) is 3.20. The van der Waals surface area contributed by atoms with Crippen LogP contribution in [0.25, 0.3) is 22.2 Å². The fraction of sp³-hybridized carbons (Fsp3) is 0.412. The van der Waals surface area contributed by atoms with Crippen LogP contribution < -0.4 is 4.90 Å². The third-order valence-electron chi connectivity index (χ3n) is 4.52. The zero-order chi connectivity index (χ0) is 16.6. The standard InChI is InChI=1S/C17H17N5O2S/c1-2-11(1)14-15(25-10-19-14)17-20-16(21-24-17)12-3-4-13(18-9-12)22-5-7-23-8-6-22/h3-4,9-11H,1-2,5-8H2. The molecule has 3 aromatic rings. The molecule has 0 aromatic carbocycles. The maximum Gasteiger partial charge on any atom is 0.270 e. The number of anilines is 1. The van der Waals surface area contributed by atoms with Crippen molar-refractivity contribution >= 4 is 17.2 Å². The molecule has 0 unspecified atom stereocenters. The molecule has 7 nitrogen and oxygen atoms in total. The third kappa shape index (κ3) is 2.91. The van der Waals surface area contributed by atoms with Gasteiger partial charge < -0.3 is 14.2 Å². The quantitative estimate of drug-likeness (QED) is 0.712. The number of pyridine rings is 1. The highest BCUT2D eigenvalue weighted by Gasteiger charge is 2.30. The van der Waals surface area contributed by atoms with Crippen molar-refractivity contribution in [1.29, 1.82) is 0 Å². The smallest absolute Gasteiger partial charge is 0.270 e. The van der Waals surface area contributed by atoms with Crippen LogP contribution in [0.4, 0.5) is 5.82 Å². The van der Waals surface area contributed by atoms with E-state index >= 15 is 0 Å². The molecule has 4 heterocycles. The van der Waals surface area contributed by atoms with E-state index in [1.54, 1.807) is 17.5 Å². The van der Waals surface area contributed by atoms with Gasteiger partial charge in [-0.25, -0.2) is 9.97 Å². The molecule has 0 N–H and O–H groups in total. The van der Waals surface area contributed by atoms with Gasteiger partial charge in [0.05, 0.1) is 24.4 Å². The molecule has 25 heavy (non-hydrogen) atoms. The van der Waals surface area contributed by atoms with Crippen LogP contribution in [0.2, 0.25) is 0 Å². The number of hydrogen-bond donors (Lipinski definition) is 0. The Morgan fingerprint density at radius 3 is 2.76 bits per heavy atom. The minimum absolute atomic E-state index is 0.552. The second-order valence-corrected chi connectivity index (χ2v) is 7.12. The number of morpholine rings is 1. The summed E-state index contributed by atoms with van der Waals surface area (Å²) in [4.78, 5) is 16.8. The van der Waals surface area contributed by atoms with Gasteiger partial charge in [0.1, 0.15) is 10.7 Å². The summed E-state index contributed by atoms with van der Waals surface area (Å²) in [6.45, 7) is 3.23. The minimum atomic E-state index is 0.552. The van der Waals surface area contributed by atoms with E-state index in [0.29, 0.717) is 17.6 Å². The molecule has 1 saturated carbocycles. The van der Waals surface area contributed by atoms with E-state index in [-0.39, 0.29) is 0 Å². The van der Waals surface area contributed by atoms with E-state index in [9.17, 15) is 0 Å². The second kappa shape index (κ2) is 6.20. The van der Waals surface area contributed by atoms with Gasteiger partial charge in [0.2, 0.25) is 5.82 Å². The summed E-state index contributed by atoms with van der Waals surface area (Å²) in [5, 5.41) is 4.12. The molecule has 8 heteroatoms. The van der Waals surface area contributed by atoms with Gasteiger partial charge in [-0.15, -0.1) is 11.3 Å². The first-order valence-corrected chi connectivity index (χ1v) is 9.33. The molecule has 5 rings (SSSR count). The summed E-state index contributed by atoms with van der Waals surface area (Å²) in [5.74, 6) is 2.63. The molecule has 0 radical (unpaired) electrons. The largest absolute Gasteiger partial charge is 0.378 e. The Labute approximate surface area is 148 Å². The van der Waals surface area contributed by atoms with Gasteiger partial charge in [0.15, 0.2) is 0 Å². The summed E-state index contributed by atoms with van der Waals surface area (Å²) in [6.07, 6.45) is 4.20. The van der Waals surface area contributed by atoms with Crippen LogP contribution in [0.15, 0.2) is 28.4 Å². The highest BCUT2D eigenvalue weighted by molar-refractivity contribution is 7.13. The Morgan fingerprint density at radius 1 is 1.12 bits per heavy atom. The Bertz CT molecular complexity index is 865.